The largest absolute Gasteiger partial charge is 0.497 e. The molecule has 0 fully saturated rings. The number of benzene rings is 3. The van der Waals surface area contributed by atoms with Crippen LogP contribution in [-0.2, 0) is 9.53 Å². The summed E-state index contributed by atoms with van der Waals surface area (Å²) in [6.07, 6.45) is 0. The molecule has 34 heavy (non-hydrogen) atoms. The summed E-state index contributed by atoms with van der Waals surface area (Å²) in [5, 5.41) is 3.43. The lowest BCUT2D eigenvalue weighted by Crippen LogP contribution is -2.13. The summed E-state index contributed by atoms with van der Waals surface area (Å²) in [5.74, 6) is -0.177. The average molecular weight is 460 g/mol. The number of aromatic nitrogens is 1. The third kappa shape index (κ3) is 5.12. The molecule has 1 N–H and O–H groups in total. The van der Waals surface area contributed by atoms with Crippen LogP contribution in [0.4, 0.5) is 10.1 Å². The number of amides is 1. The predicted octanol–water partition coefficient (Wildman–Crippen LogP) is 4.85. The topological polar surface area (TPSA) is 86.8 Å². The van der Waals surface area contributed by atoms with Gasteiger partial charge in [0.05, 0.1) is 25.4 Å². The summed E-state index contributed by atoms with van der Waals surface area (Å²) >= 11 is 0. The van der Waals surface area contributed by atoms with Crippen molar-refractivity contribution in [2.24, 2.45) is 0 Å². The average Bonchev–Trinajstić information content (AvgIpc) is 2.87. The molecule has 0 aliphatic heterocycles. The summed E-state index contributed by atoms with van der Waals surface area (Å²) in [5.41, 5.74) is 2.79. The summed E-state index contributed by atoms with van der Waals surface area (Å²) in [4.78, 5) is 29.0. The van der Waals surface area contributed by atoms with Gasteiger partial charge in [-0.2, -0.15) is 0 Å². The number of hydrogen-bond acceptors (Lipinski definition) is 6. The molecule has 172 valence electrons. The fourth-order valence-corrected chi connectivity index (χ4v) is 3.30. The monoisotopic (exact) mass is 460 g/mol. The van der Waals surface area contributed by atoms with E-state index in [1.807, 2.05) is 0 Å². The van der Waals surface area contributed by atoms with E-state index < -0.39 is 5.97 Å². The molecule has 3 aromatic carbocycles. The number of hydrogen-bond donors (Lipinski definition) is 1. The Labute approximate surface area is 195 Å². The van der Waals surface area contributed by atoms with Crippen molar-refractivity contribution in [3.63, 3.8) is 0 Å². The van der Waals surface area contributed by atoms with Gasteiger partial charge in [-0.3, -0.25) is 4.79 Å². The number of nitrogens with zero attached hydrogens (tertiary/aromatic N) is 1. The summed E-state index contributed by atoms with van der Waals surface area (Å²) < 4.78 is 28.9. The van der Waals surface area contributed by atoms with Crippen LogP contribution >= 0.6 is 0 Å². The number of rotatable bonds is 7. The van der Waals surface area contributed by atoms with Crippen LogP contribution in [0.2, 0.25) is 0 Å². The molecule has 1 amide bonds. The van der Waals surface area contributed by atoms with E-state index in [0.717, 1.165) is 0 Å². The third-order valence-electron chi connectivity index (χ3n) is 5.09. The van der Waals surface area contributed by atoms with Crippen molar-refractivity contribution in [3.05, 3.63) is 84.2 Å². The Morgan fingerprint density at radius 2 is 1.68 bits per heavy atom. The van der Waals surface area contributed by atoms with Crippen LogP contribution in [-0.4, -0.2) is 37.7 Å². The number of nitrogens with one attached hydrogen (secondary N) is 1. The van der Waals surface area contributed by atoms with Crippen LogP contribution in [0, 0.1) is 5.82 Å². The summed E-state index contributed by atoms with van der Waals surface area (Å²) in [6, 6.07) is 19.5. The zero-order valence-corrected chi connectivity index (χ0v) is 18.5. The molecule has 0 atom stereocenters. The van der Waals surface area contributed by atoms with Gasteiger partial charge in [0, 0.05) is 28.3 Å². The zero-order valence-electron chi connectivity index (χ0n) is 18.5. The van der Waals surface area contributed by atoms with Gasteiger partial charge in [0.2, 0.25) is 0 Å². The van der Waals surface area contributed by atoms with Crippen molar-refractivity contribution in [3.8, 4) is 22.8 Å². The van der Waals surface area contributed by atoms with E-state index in [9.17, 15) is 14.0 Å². The first-order valence-electron chi connectivity index (χ1n) is 10.3. The molecule has 0 bridgehead atoms. The maximum atomic E-state index is 13.4. The number of carbonyl (C=O) groups excluding carboxylic acids is 2. The van der Waals surface area contributed by atoms with Crippen LogP contribution in [0.3, 0.4) is 0 Å². The van der Waals surface area contributed by atoms with Crippen molar-refractivity contribution >= 4 is 28.5 Å². The highest BCUT2D eigenvalue weighted by molar-refractivity contribution is 6.05. The number of fused-ring (bicyclic) bond motifs is 1. The lowest BCUT2D eigenvalue weighted by Gasteiger charge is -2.13. The molecule has 4 aromatic rings. The van der Waals surface area contributed by atoms with Crippen LogP contribution < -0.4 is 14.8 Å². The first kappa shape index (κ1) is 22.7. The summed E-state index contributed by atoms with van der Waals surface area (Å²) in [7, 11) is 2.83. The Morgan fingerprint density at radius 1 is 0.941 bits per heavy atom. The van der Waals surface area contributed by atoms with E-state index in [1.54, 1.807) is 67.8 Å². The zero-order chi connectivity index (χ0) is 24.1. The smallest absolute Gasteiger partial charge is 0.343 e. The van der Waals surface area contributed by atoms with E-state index in [1.165, 1.54) is 19.2 Å². The third-order valence-corrected chi connectivity index (χ3v) is 5.09. The molecule has 0 saturated carbocycles. The van der Waals surface area contributed by atoms with Crippen LogP contribution in [0.1, 0.15) is 10.4 Å². The second kappa shape index (κ2) is 9.99. The quantitative estimate of drug-likeness (QED) is 0.397. The highest BCUT2D eigenvalue weighted by Crippen LogP contribution is 2.32. The van der Waals surface area contributed by atoms with E-state index >= 15 is 0 Å². The molecule has 0 radical (unpaired) electrons. The highest BCUT2D eigenvalue weighted by atomic mass is 19.1. The van der Waals surface area contributed by atoms with E-state index in [0.29, 0.717) is 44.9 Å². The van der Waals surface area contributed by atoms with Gasteiger partial charge in [-0.25, -0.2) is 14.2 Å². The lowest BCUT2D eigenvalue weighted by molar-refractivity contribution is -0.142. The van der Waals surface area contributed by atoms with E-state index in [2.05, 4.69) is 15.0 Å². The van der Waals surface area contributed by atoms with Crippen molar-refractivity contribution in [2.45, 2.75) is 0 Å². The van der Waals surface area contributed by atoms with Crippen molar-refractivity contribution in [2.75, 3.05) is 26.1 Å². The first-order valence-corrected chi connectivity index (χ1v) is 10.3. The van der Waals surface area contributed by atoms with Gasteiger partial charge >= 0.3 is 5.97 Å². The number of ether oxygens (including phenoxy) is 3. The molecule has 0 saturated heterocycles. The standard InChI is InChI=1S/C26H21FN2O5/c1-32-20-10-5-17(6-11-20)26(31)28-19-9-12-22-21(13-19)24(34-15-25(30)33-2)14-23(29-22)16-3-7-18(27)8-4-16/h3-14H,15H2,1-2H3,(H,28,31). The molecule has 0 unspecified atom stereocenters. The number of halogens is 1. The minimum Gasteiger partial charge on any atom is -0.497 e. The minimum absolute atomic E-state index is 0.296. The van der Waals surface area contributed by atoms with Gasteiger partial charge in [0.1, 0.15) is 17.3 Å². The number of anilines is 1. The Morgan fingerprint density at radius 3 is 2.35 bits per heavy atom. The van der Waals surface area contributed by atoms with Gasteiger partial charge in [0.15, 0.2) is 6.61 Å². The molecule has 1 aromatic heterocycles. The molecule has 0 aliphatic rings. The molecule has 8 heteroatoms. The molecule has 7 nitrogen and oxygen atoms in total. The normalized spacial score (nSPS) is 10.6. The maximum Gasteiger partial charge on any atom is 0.343 e. The van der Waals surface area contributed by atoms with Crippen LogP contribution in [0.15, 0.2) is 72.8 Å². The van der Waals surface area contributed by atoms with Crippen molar-refractivity contribution in [1.82, 2.24) is 4.98 Å². The van der Waals surface area contributed by atoms with Crippen molar-refractivity contribution in [1.29, 1.82) is 0 Å². The molecule has 1 heterocycles. The fraction of sp³-hybridized carbons (Fsp3) is 0.115. The fourth-order valence-electron chi connectivity index (χ4n) is 3.30. The van der Waals surface area contributed by atoms with Gasteiger partial charge in [-0.15, -0.1) is 0 Å². The van der Waals surface area contributed by atoms with E-state index in [4.69, 9.17) is 9.47 Å². The molecule has 0 aliphatic carbocycles. The summed E-state index contributed by atoms with van der Waals surface area (Å²) in [6.45, 7) is -0.305. The molecule has 0 spiro atoms. The first-order chi connectivity index (χ1) is 16.5. The maximum absolute atomic E-state index is 13.4. The lowest BCUT2D eigenvalue weighted by atomic mass is 10.1. The van der Waals surface area contributed by atoms with Gasteiger partial charge in [-0.1, -0.05) is 0 Å². The molecular formula is C26H21FN2O5. The number of pyridine rings is 1. The van der Waals surface area contributed by atoms with E-state index in [-0.39, 0.29) is 18.3 Å². The molecule has 4 rings (SSSR count). The Kier molecular flexibility index (Phi) is 6.68. The Hall–Kier alpha value is -4.46. The second-order valence-corrected chi connectivity index (χ2v) is 7.29. The van der Waals surface area contributed by atoms with Crippen LogP contribution in [0.25, 0.3) is 22.2 Å². The predicted molar refractivity (Wildman–Crippen MR) is 126 cm³/mol. The molecular weight excluding hydrogens is 439 g/mol. The van der Waals surface area contributed by atoms with Gasteiger partial charge < -0.3 is 19.5 Å². The van der Waals surface area contributed by atoms with Crippen molar-refractivity contribution < 1.29 is 28.2 Å². The second-order valence-electron chi connectivity index (χ2n) is 7.29. The number of esters is 1. The Balaban J connectivity index is 1.68. The SMILES string of the molecule is COC(=O)COc1cc(-c2ccc(F)cc2)nc2ccc(NC(=O)c3ccc(OC)cc3)cc12. The van der Waals surface area contributed by atoms with Crippen LogP contribution in [0.5, 0.6) is 11.5 Å². The van der Waals surface area contributed by atoms with Gasteiger partial charge in [-0.05, 0) is 66.7 Å². The number of carbonyl (C=O) groups is 2. The minimum atomic E-state index is -0.544. The Bertz CT molecular complexity index is 1340. The van der Waals surface area contributed by atoms with Gasteiger partial charge in [0.25, 0.3) is 5.91 Å². The highest BCUT2D eigenvalue weighted by Gasteiger charge is 2.13. The number of methoxy groups -OCH3 is 2.